The summed E-state index contributed by atoms with van der Waals surface area (Å²) in [5.74, 6) is -0.441. The minimum atomic E-state index is -0.441. The zero-order valence-electron chi connectivity index (χ0n) is 19.7. The number of hydrogen-bond donors (Lipinski definition) is 0. The van der Waals surface area contributed by atoms with Gasteiger partial charge in [-0.05, 0) is 38.0 Å². The van der Waals surface area contributed by atoms with Gasteiger partial charge in [0, 0.05) is 30.4 Å². The van der Waals surface area contributed by atoms with Crippen LogP contribution in [0.4, 0.5) is 0 Å². The Morgan fingerprint density at radius 1 is 1.37 bits per heavy atom. The molecule has 3 rings (SSSR count). The Kier molecular flexibility index (Phi) is 9.06. The number of nitriles is 1. The van der Waals surface area contributed by atoms with E-state index in [-0.39, 0.29) is 28.4 Å². The predicted octanol–water partition coefficient (Wildman–Crippen LogP) is 4.09. The lowest BCUT2D eigenvalue weighted by Gasteiger charge is -2.14. The number of hydrogen-bond acceptors (Lipinski definition) is 5. The van der Waals surface area contributed by atoms with Crippen LogP contribution in [0.2, 0.25) is 0 Å². The van der Waals surface area contributed by atoms with Gasteiger partial charge in [-0.2, -0.15) is 10.3 Å². The first-order valence-corrected chi connectivity index (χ1v) is 11.9. The highest BCUT2D eigenvalue weighted by molar-refractivity contribution is 9.11. The van der Waals surface area contributed by atoms with E-state index in [0.717, 1.165) is 5.56 Å². The SMILES string of the molecule is C=C/C=C/C=C(\Br)CC(=O)N=c1c(C#N)cc2c(=O)n3cccc(C)c3nc2n1CCCOCC. The van der Waals surface area contributed by atoms with Crippen molar-refractivity contribution in [3.8, 4) is 6.07 Å². The van der Waals surface area contributed by atoms with Crippen molar-refractivity contribution in [1.29, 1.82) is 5.26 Å². The molecular formula is C26H26BrN5O3. The summed E-state index contributed by atoms with van der Waals surface area (Å²) in [6.07, 6.45) is 9.09. The molecule has 0 aliphatic carbocycles. The number of ether oxygens (including phenoxy) is 1. The van der Waals surface area contributed by atoms with Crippen LogP contribution in [0.5, 0.6) is 0 Å². The molecule has 0 aromatic carbocycles. The number of nitrogens with zero attached hydrogens (tertiary/aromatic N) is 5. The average molecular weight is 536 g/mol. The Labute approximate surface area is 211 Å². The van der Waals surface area contributed by atoms with Crippen molar-refractivity contribution in [3.05, 3.63) is 86.7 Å². The van der Waals surface area contributed by atoms with E-state index < -0.39 is 5.91 Å². The third kappa shape index (κ3) is 6.10. The van der Waals surface area contributed by atoms with Gasteiger partial charge >= 0.3 is 0 Å². The summed E-state index contributed by atoms with van der Waals surface area (Å²) < 4.78 is 9.23. The van der Waals surface area contributed by atoms with E-state index in [4.69, 9.17) is 9.72 Å². The van der Waals surface area contributed by atoms with E-state index in [9.17, 15) is 14.9 Å². The normalized spacial score (nSPS) is 12.5. The number of pyridine rings is 2. The largest absolute Gasteiger partial charge is 0.382 e. The quantitative estimate of drug-likeness (QED) is 0.233. The van der Waals surface area contributed by atoms with Gasteiger partial charge in [-0.1, -0.05) is 52.9 Å². The van der Waals surface area contributed by atoms with Gasteiger partial charge in [0.25, 0.3) is 11.5 Å². The monoisotopic (exact) mass is 535 g/mol. The molecule has 1 amide bonds. The standard InChI is InChI=1S/C26H26BrN5O3/c1-4-6-7-11-20(27)16-22(33)29-24-19(17-28)15-21-25(31(24)13-9-14-35-5-2)30-23-18(3)10-8-12-32(23)26(21)34/h4,6-8,10-12,15H,1,5,9,13-14,16H2,2-3H3/b7-6+,20-11-,29-24?. The lowest BCUT2D eigenvalue weighted by molar-refractivity contribution is -0.117. The van der Waals surface area contributed by atoms with Crippen molar-refractivity contribution in [2.45, 2.75) is 33.2 Å². The molecule has 8 nitrogen and oxygen atoms in total. The molecule has 3 aromatic rings. The summed E-state index contributed by atoms with van der Waals surface area (Å²) >= 11 is 3.37. The van der Waals surface area contributed by atoms with E-state index in [1.165, 1.54) is 10.5 Å². The van der Waals surface area contributed by atoms with Gasteiger partial charge in [0.15, 0.2) is 5.49 Å². The second-order valence-electron chi connectivity index (χ2n) is 7.65. The van der Waals surface area contributed by atoms with Crippen molar-refractivity contribution in [3.63, 3.8) is 0 Å². The van der Waals surface area contributed by atoms with Crippen molar-refractivity contribution in [1.82, 2.24) is 14.0 Å². The van der Waals surface area contributed by atoms with E-state index in [2.05, 4.69) is 33.6 Å². The highest BCUT2D eigenvalue weighted by Gasteiger charge is 2.16. The smallest absolute Gasteiger partial charge is 0.267 e. The molecule has 0 unspecified atom stereocenters. The molecule has 0 spiro atoms. The summed E-state index contributed by atoms with van der Waals surface area (Å²) in [4.78, 5) is 35.1. The number of amides is 1. The predicted molar refractivity (Wildman–Crippen MR) is 139 cm³/mol. The fourth-order valence-corrected chi connectivity index (χ4v) is 3.96. The molecule has 0 saturated heterocycles. The third-order valence-electron chi connectivity index (χ3n) is 5.18. The number of aryl methyl sites for hydroxylation is 2. The minimum Gasteiger partial charge on any atom is -0.382 e. The maximum absolute atomic E-state index is 13.3. The molecule has 9 heteroatoms. The fraction of sp³-hybridized carbons (Fsp3) is 0.269. The number of rotatable bonds is 9. The van der Waals surface area contributed by atoms with Crippen molar-refractivity contribution < 1.29 is 9.53 Å². The van der Waals surface area contributed by atoms with Crippen molar-refractivity contribution in [2.75, 3.05) is 13.2 Å². The Balaban J connectivity index is 2.26. The number of halogens is 1. The van der Waals surface area contributed by atoms with Gasteiger partial charge in [0.1, 0.15) is 17.4 Å². The molecule has 3 aromatic heterocycles. The van der Waals surface area contributed by atoms with Gasteiger partial charge in [-0.15, -0.1) is 0 Å². The molecule has 0 radical (unpaired) electrons. The summed E-state index contributed by atoms with van der Waals surface area (Å²) in [5.41, 5.74) is 1.71. The second-order valence-corrected chi connectivity index (χ2v) is 8.67. The van der Waals surface area contributed by atoms with Crippen LogP contribution in [0.25, 0.3) is 16.7 Å². The highest BCUT2D eigenvalue weighted by Crippen LogP contribution is 2.14. The molecule has 0 fully saturated rings. The summed E-state index contributed by atoms with van der Waals surface area (Å²) in [5, 5.41) is 10.2. The van der Waals surface area contributed by atoms with Crippen LogP contribution in [0.1, 0.15) is 30.9 Å². The zero-order valence-corrected chi connectivity index (χ0v) is 21.3. The minimum absolute atomic E-state index is 0.0102. The molecule has 0 atom stereocenters. The van der Waals surface area contributed by atoms with Crippen LogP contribution in [-0.2, 0) is 16.1 Å². The van der Waals surface area contributed by atoms with Gasteiger partial charge < -0.3 is 9.30 Å². The van der Waals surface area contributed by atoms with Crippen LogP contribution in [0.15, 0.2) is 69.5 Å². The van der Waals surface area contributed by atoms with E-state index in [1.54, 1.807) is 41.1 Å². The first kappa shape index (κ1) is 26.0. The topological polar surface area (TPSA) is 102 Å². The Morgan fingerprint density at radius 3 is 2.89 bits per heavy atom. The summed E-state index contributed by atoms with van der Waals surface area (Å²) in [6.45, 7) is 8.80. The van der Waals surface area contributed by atoms with E-state index in [0.29, 0.717) is 42.0 Å². The Morgan fingerprint density at radius 2 is 2.17 bits per heavy atom. The molecule has 35 heavy (non-hydrogen) atoms. The third-order valence-corrected chi connectivity index (χ3v) is 5.72. The maximum atomic E-state index is 13.3. The lowest BCUT2D eigenvalue weighted by atomic mass is 10.2. The Hall–Kier alpha value is -3.61. The molecule has 0 bridgehead atoms. The van der Waals surface area contributed by atoms with E-state index in [1.807, 2.05) is 19.9 Å². The number of carbonyl (C=O) groups excluding carboxylic acids is 1. The number of carbonyl (C=O) groups is 1. The molecule has 3 heterocycles. The van der Waals surface area contributed by atoms with Gasteiger partial charge in [0.05, 0.1) is 17.4 Å². The summed E-state index contributed by atoms with van der Waals surface area (Å²) in [7, 11) is 0. The molecule has 180 valence electrons. The molecule has 0 N–H and O–H groups in total. The van der Waals surface area contributed by atoms with Crippen LogP contribution in [0, 0.1) is 18.3 Å². The number of allylic oxidation sites excluding steroid dienone is 4. The molecule has 0 saturated carbocycles. The van der Waals surface area contributed by atoms with Crippen LogP contribution < -0.4 is 11.0 Å². The van der Waals surface area contributed by atoms with Gasteiger partial charge in [-0.25, -0.2) is 4.98 Å². The molecule has 0 aliphatic rings. The van der Waals surface area contributed by atoms with Crippen LogP contribution in [0.3, 0.4) is 0 Å². The lowest BCUT2D eigenvalue weighted by Crippen LogP contribution is -2.30. The molecular weight excluding hydrogens is 510 g/mol. The van der Waals surface area contributed by atoms with Gasteiger partial charge in [0.2, 0.25) is 0 Å². The van der Waals surface area contributed by atoms with Gasteiger partial charge in [-0.3, -0.25) is 14.0 Å². The number of aromatic nitrogens is 3. The fourth-order valence-electron chi connectivity index (χ4n) is 3.57. The van der Waals surface area contributed by atoms with Crippen molar-refractivity contribution in [2.24, 2.45) is 4.99 Å². The second kappa shape index (κ2) is 12.2. The first-order valence-electron chi connectivity index (χ1n) is 11.2. The number of fused-ring (bicyclic) bond motifs is 2. The Bertz CT molecular complexity index is 1510. The summed E-state index contributed by atoms with van der Waals surface area (Å²) in [6, 6.07) is 7.20. The molecule has 0 aliphatic heterocycles. The van der Waals surface area contributed by atoms with Crippen molar-refractivity contribution >= 4 is 38.5 Å². The van der Waals surface area contributed by atoms with E-state index >= 15 is 0 Å². The maximum Gasteiger partial charge on any atom is 0.267 e. The first-order chi connectivity index (χ1) is 16.9. The van der Waals surface area contributed by atoms with Crippen LogP contribution in [-0.4, -0.2) is 33.1 Å². The van der Waals surface area contributed by atoms with Crippen LogP contribution >= 0.6 is 15.9 Å². The zero-order chi connectivity index (χ0) is 25.4. The average Bonchev–Trinajstić information content (AvgIpc) is 2.83. The highest BCUT2D eigenvalue weighted by atomic mass is 79.9.